The predicted molar refractivity (Wildman–Crippen MR) is 67.6 cm³/mol. The normalized spacial score (nSPS) is 19.4. The first-order valence-corrected chi connectivity index (χ1v) is 5.77. The van der Waals surface area contributed by atoms with E-state index in [2.05, 4.69) is 15.6 Å². The summed E-state index contributed by atoms with van der Waals surface area (Å²) in [4.78, 5) is 16.1. The SMILES string of the molecule is CC(C)(C)NC1=NC(c2ccc(F)cc2)C(=O)N1. The molecule has 0 saturated carbocycles. The van der Waals surface area contributed by atoms with Gasteiger partial charge in [-0.25, -0.2) is 9.38 Å². The number of hydrogen-bond acceptors (Lipinski definition) is 3. The molecular weight excluding hydrogens is 233 g/mol. The Labute approximate surface area is 105 Å². The number of benzene rings is 1. The van der Waals surface area contributed by atoms with E-state index in [4.69, 9.17) is 0 Å². The van der Waals surface area contributed by atoms with E-state index in [-0.39, 0.29) is 17.3 Å². The smallest absolute Gasteiger partial charge is 0.256 e. The molecule has 0 saturated heterocycles. The molecule has 1 atom stereocenters. The van der Waals surface area contributed by atoms with Crippen LogP contribution in [0.15, 0.2) is 29.3 Å². The lowest BCUT2D eigenvalue weighted by Gasteiger charge is -2.21. The summed E-state index contributed by atoms with van der Waals surface area (Å²) in [7, 11) is 0. The summed E-state index contributed by atoms with van der Waals surface area (Å²) in [6, 6.07) is 5.20. The maximum Gasteiger partial charge on any atom is 0.256 e. The molecule has 96 valence electrons. The maximum absolute atomic E-state index is 12.8. The van der Waals surface area contributed by atoms with Gasteiger partial charge in [-0.05, 0) is 38.5 Å². The summed E-state index contributed by atoms with van der Waals surface area (Å²) in [5, 5.41) is 5.78. The maximum atomic E-state index is 12.8. The molecule has 1 amide bonds. The van der Waals surface area contributed by atoms with Crippen LogP contribution in [0.1, 0.15) is 32.4 Å². The van der Waals surface area contributed by atoms with Crippen LogP contribution in [-0.4, -0.2) is 17.4 Å². The van der Waals surface area contributed by atoms with Crippen LogP contribution in [0.4, 0.5) is 4.39 Å². The van der Waals surface area contributed by atoms with E-state index in [9.17, 15) is 9.18 Å². The third-order valence-electron chi connectivity index (χ3n) is 2.43. The number of guanidine groups is 1. The number of amides is 1. The lowest BCUT2D eigenvalue weighted by atomic mass is 10.1. The van der Waals surface area contributed by atoms with E-state index in [1.807, 2.05) is 20.8 Å². The first-order valence-electron chi connectivity index (χ1n) is 5.77. The summed E-state index contributed by atoms with van der Waals surface area (Å²) in [5.41, 5.74) is 0.503. The number of hydrogen-bond donors (Lipinski definition) is 2. The zero-order valence-corrected chi connectivity index (χ0v) is 10.6. The minimum atomic E-state index is -0.601. The fourth-order valence-corrected chi connectivity index (χ4v) is 1.69. The average molecular weight is 249 g/mol. The van der Waals surface area contributed by atoms with Gasteiger partial charge in [-0.15, -0.1) is 0 Å². The molecule has 0 bridgehead atoms. The van der Waals surface area contributed by atoms with Crippen LogP contribution in [0.3, 0.4) is 0 Å². The Morgan fingerprint density at radius 1 is 1.28 bits per heavy atom. The molecule has 1 aliphatic heterocycles. The highest BCUT2D eigenvalue weighted by Crippen LogP contribution is 2.21. The lowest BCUT2D eigenvalue weighted by Crippen LogP contribution is -2.46. The van der Waals surface area contributed by atoms with Crippen molar-refractivity contribution in [3.05, 3.63) is 35.6 Å². The molecule has 0 aromatic heterocycles. The minimum Gasteiger partial charge on any atom is -0.351 e. The number of carbonyl (C=O) groups is 1. The molecule has 4 nitrogen and oxygen atoms in total. The predicted octanol–water partition coefficient (Wildman–Crippen LogP) is 1.74. The van der Waals surface area contributed by atoms with Gasteiger partial charge in [0.2, 0.25) is 0 Å². The average Bonchev–Trinajstić information content (AvgIpc) is 2.58. The number of nitrogens with zero attached hydrogens (tertiary/aromatic N) is 1. The van der Waals surface area contributed by atoms with Crippen molar-refractivity contribution in [3.8, 4) is 0 Å². The number of rotatable bonds is 1. The van der Waals surface area contributed by atoms with Crippen LogP contribution in [0.2, 0.25) is 0 Å². The topological polar surface area (TPSA) is 53.5 Å². The monoisotopic (exact) mass is 249 g/mol. The van der Waals surface area contributed by atoms with Gasteiger partial charge in [0.1, 0.15) is 5.82 Å². The fraction of sp³-hybridized carbons (Fsp3) is 0.385. The van der Waals surface area contributed by atoms with Crippen LogP contribution >= 0.6 is 0 Å². The van der Waals surface area contributed by atoms with E-state index in [1.165, 1.54) is 12.1 Å². The van der Waals surface area contributed by atoms with Crippen molar-refractivity contribution < 1.29 is 9.18 Å². The molecule has 1 aromatic rings. The Morgan fingerprint density at radius 2 is 1.89 bits per heavy atom. The highest BCUT2D eigenvalue weighted by Gasteiger charge is 2.29. The molecule has 5 heteroatoms. The molecule has 1 heterocycles. The van der Waals surface area contributed by atoms with Crippen molar-refractivity contribution >= 4 is 11.9 Å². The molecule has 0 aliphatic carbocycles. The highest BCUT2D eigenvalue weighted by molar-refractivity contribution is 6.05. The Balaban J connectivity index is 2.19. The number of aliphatic imine (C=N–C) groups is 1. The van der Waals surface area contributed by atoms with Crippen LogP contribution in [0.5, 0.6) is 0 Å². The Hall–Kier alpha value is -1.91. The molecule has 1 aromatic carbocycles. The van der Waals surface area contributed by atoms with Crippen molar-refractivity contribution in [2.75, 3.05) is 0 Å². The second kappa shape index (κ2) is 4.40. The molecule has 2 rings (SSSR count). The van der Waals surface area contributed by atoms with Crippen molar-refractivity contribution in [2.24, 2.45) is 4.99 Å². The molecular formula is C13H16FN3O. The zero-order valence-electron chi connectivity index (χ0n) is 10.6. The second-order valence-electron chi connectivity index (χ2n) is 5.30. The fourth-order valence-electron chi connectivity index (χ4n) is 1.69. The van der Waals surface area contributed by atoms with Crippen LogP contribution < -0.4 is 10.6 Å². The second-order valence-corrected chi connectivity index (χ2v) is 5.30. The Kier molecular flexibility index (Phi) is 3.07. The van der Waals surface area contributed by atoms with Gasteiger partial charge in [0.15, 0.2) is 12.0 Å². The largest absolute Gasteiger partial charge is 0.351 e. The molecule has 1 unspecified atom stereocenters. The summed E-state index contributed by atoms with van der Waals surface area (Å²) in [6.45, 7) is 5.94. The minimum absolute atomic E-state index is 0.177. The Bertz CT molecular complexity index is 488. The number of halogens is 1. The van der Waals surface area contributed by atoms with Crippen LogP contribution in [0.25, 0.3) is 0 Å². The van der Waals surface area contributed by atoms with Gasteiger partial charge in [0, 0.05) is 5.54 Å². The molecule has 1 aliphatic rings. The summed E-state index contributed by atoms with van der Waals surface area (Å²) in [6.07, 6.45) is 0. The molecule has 0 fully saturated rings. The van der Waals surface area contributed by atoms with Gasteiger partial charge in [-0.2, -0.15) is 0 Å². The molecule has 0 radical (unpaired) electrons. The van der Waals surface area contributed by atoms with Gasteiger partial charge in [0.25, 0.3) is 5.91 Å². The summed E-state index contributed by atoms with van der Waals surface area (Å²) < 4.78 is 12.8. The van der Waals surface area contributed by atoms with E-state index in [1.54, 1.807) is 12.1 Å². The van der Waals surface area contributed by atoms with E-state index in [0.29, 0.717) is 11.5 Å². The zero-order chi connectivity index (χ0) is 13.3. The summed E-state index contributed by atoms with van der Waals surface area (Å²) in [5.74, 6) is -0.0654. The first-order chi connectivity index (χ1) is 8.35. The first kappa shape index (κ1) is 12.5. The van der Waals surface area contributed by atoms with Gasteiger partial charge in [0.05, 0.1) is 0 Å². The van der Waals surface area contributed by atoms with Crippen molar-refractivity contribution in [2.45, 2.75) is 32.4 Å². The van der Waals surface area contributed by atoms with E-state index >= 15 is 0 Å². The molecule has 2 N–H and O–H groups in total. The van der Waals surface area contributed by atoms with Crippen molar-refractivity contribution in [1.82, 2.24) is 10.6 Å². The molecule has 18 heavy (non-hydrogen) atoms. The van der Waals surface area contributed by atoms with E-state index < -0.39 is 6.04 Å². The van der Waals surface area contributed by atoms with Gasteiger partial charge in [-0.1, -0.05) is 12.1 Å². The van der Waals surface area contributed by atoms with Crippen LogP contribution in [0, 0.1) is 5.82 Å². The molecule has 0 spiro atoms. The van der Waals surface area contributed by atoms with Gasteiger partial charge < -0.3 is 5.32 Å². The highest BCUT2D eigenvalue weighted by atomic mass is 19.1. The van der Waals surface area contributed by atoms with Gasteiger partial charge in [-0.3, -0.25) is 10.1 Å². The van der Waals surface area contributed by atoms with E-state index in [0.717, 1.165) is 0 Å². The number of carbonyl (C=O) groups excluding carboxylic acids is 1. The van der Waals surface area contributed by atoms with Crippen LogP contribution in [-0.2, 0) is 4.79 Å². The third kappa shape index (κ3) is 2.85. The number of nitrogens with one attached hydrogen (secondary N) is 2. The van der Waals surface area contributed by atoms with Crippen molar-refractivity contribution in [3.63, 3.8) is 0 Å². The standard InChI is InChI=1S/C13H16FN3O/c1-13(2,3)17-12-15-10(11(18)16-12)8-4-6-9(14)7-5-8/h4-7,10H,1-3H3,(H2,15,16,17,18). The quantitative estimate of drug-likeness (QED) is 0.796. The van der Waals surface area contributed by atoms with Crippen molar-refractivity contribution in [1.29, 1.82) is 0 Å². The lowest BCUT2D eigenvalue weighted by molar-refractivity contribution is -0.120. The third-order valence-corrected chi connectivity index (χ3v) is 2.43. The summed E-state index contributed by atoms with van der Waals surface area (Å²) >= 11 is 0. The van der Waals surface area contributed by atoms with Gasteiger partial charge >= 0.3 is 0 Å². The Morgan fingerprint density at radius 3 is 2.44 bits per heavy atom.